The van der Waals surface area contributed by atoms with Gasteiger partial charge in [-0.15, -0.1) is 11.3 Å². The average Bonchev–Trinajstić information content (AvgIpc) is 2.92. The fourth-order valence-corrected chi connectivity index (χ4v) is 4.28. The Balaban J connectivity index is 2.28. The molecule has 0 spiro atoms. The molecule has 0 saturated carbocycles. The van der Waals surface area contributed by atoms with Crippen molar-refractivity contribution in [1.29, 1.82) is 0 Å². The molecule has 2 aromatic rings. The van der Waals surface area contributed by atoms with E-state index < -0.39 is 10.0 Å². The van der Waals surface area contributed by atoms with Gasteiger partial charge in [-0.1, -0.05) is 31.5 Å². The number of thiophene rings is 1. The smallest absolute Gasteiger partial charge is 0.243 e. The van der Waals surface area contributed by atoms with Gasteiger partial charge in [-0.3, -0.25) is 0 Å². The van der Waals surface area contributed by atoms with Crippen molar-refractivity contribution in [2.45, 2.75) is 30.7 Å². The van der Waals surface area contributed by atoms with E-state index in [-0.39, 0.29) is 16.6 Å². The number of sulfonamides is 1. The minimum Gasteiger partial charge on any atom is -0.398 e. The van der Waals surface area contributed by atoms with Gasteiger partial charge in [0.05, 0.1) is 11.7 Å². The van der Waals surface area contributed by atoms with E-state index in [1.807, 2.05) is 24.4 Å². The normalized spacial score (nSPS) is 13.2. The third-order valence-electron chi connectivity index (χ3n) is 2.97. The summed E-state index contributed by atoms with van der Waals surface area (Å²) in [5.74, 6) is 0. The predicted molar refractivity (Wildman–Crippen MR) is 83.1 cm³/mol. The van der Waals surface area contributed by atoms with E-state index in [1.54, 1.807) is 29.5 Å². The van der Waals surface area contributed by atoms with Crippen LogP contribution in [0.1, 0.15) is 30.7 Å². The van der Waals surface area contributed by atoms with Gasteiger partial charge in [-0.2, -0.15) is 0 Å². The van der Waals surface area contributed by atoms with Crippen molar-refractivity contribution < 1.29 is 8.42 Å². The molecule has 1 aromatic heterocycles. The van der Waals surface area contributed by atoms with E-state index in [9.17, 15) is 8.42 Å². The van der Waals surface area contributed by atoms with Gasteiger partial charge in [-0.25, -0.2) is 13.1 Å². The molecule has 1 aromatic carbocycles. The second-order valence-corrected chi connectivity index (χ2v) is 7.18. The monoisotopic (exact) mass is 310 g/mol. The Kier molecular flexibility index (Phi) is 4.80. The molecule has 3 N–H and O–H groups in total. The number of nitrogens with two attached hydrogens (primary N) is 1. The molecule has 6 heteroatoms. The first kappa shape index (κ1) is 15.0. The molecule has 0 aliphatic heterocycles. The van der Waals surface area contributed by atoms with Gasteiger partial charge < -0.3 is 5.73 Å². The quantitative estimate of drug-likeness (QED) is 0.805. The Bertz CT molecular complexity index is 652. The van der Waals surface area contributed by atoms with Gasteiger partial charge in [-0.05, 0) is 30.0 Å². The van der Waals surface area contributed by atoms with Crippen LogP contribution in [-0.2, 0) is 10.0 Å². The fourth-order valence-electron chi connectivity index (χ4n) is 2.01. The first-order valence-corrected chi connectivity index (χ1v) is 8.81. The summed E-state index contributed by atoms with van der Waals surface area (Å²) < 4.78 is 27.7. The highest BCUT2D eigenvalue weighted by molar-refractivity contribution is 7.89. The lowest BCUT2D eigenvalue weighted by molar-refractivity contribution is 0.540. The second-order valence-electron chi connectivity index (χ2n) is 4.52. The minimum absolute atomic E-state index is 0.137. The van der Waals surface area contributed by atoms with Crippen LogP contribution in [0.5, 0.6) is 0 Å². The molecule has 0 radical (unpaired) electrons. The van der Waals surface area contributed by atoms with Crippen LogP contribution in [0.15, 0.2) is 46.7 Å². The topological polar surface area (TPSA) is 72.2 Å². The Morgan fingerprint density at radius 2 is 2.00 bits per heavy atom. The summed E-state index contributed by atoms with van der Waals surface area (Å²) in [6.45, 7) is 2.03. The first-order valence-electron chi connectivity index (χ1n) is 6.45. The summed E-state index contributed by atoms with van der Waals surface area (Å²) >= 11 is 1.55. The van der Waals surface area contributed by atoms with Gasteiger partial charge in [0.25, 0.3) is 0 Å². The Morgan fingerprint density at radius 3 is 2.60 bits per heavy atom. The number of hydrogen-bond acceptors (Lipinski definition) is 4. The molecule has 0 bridgehead atoms. The highest BCUT2D eigenvalue weighted by Crippen LogP contribution is 2.26. The van der Waals surface area contributed by atoms with E-state index in [4.69, 9.17) is 5.73 Å². The highest BCUT2D eigenvalue weighted by atomic mass is 32.2. The van der Waals surface area contributed by atoms with Gasteiger partial charge in [0.15, 0.2) is 0 Å². The Labute approximate surface area is 123 Å². The molecule has 1 atom stereocenters. The lowest BCUT2D eigenvalue weighted by atomic mass is 10.1. The molecule has 1 heterocycles. The summed E-state index contributed by atoms with van der Waals surface area (Å²) in [5.41, 5.74) is 6.02. The molecule has 0 aliphatic rings. The molecular weight excluding hydrogens is 292 g/mol. The van der Waals surface area contributed by atoms with Crippen LogP contribution < -0.4 is 10.5 Å². The minimum atomic E-state index is -3.61. The summed E-state index contributed by atoms with van der Waals surface area (Å²) in [6, 6.07) is 10.2. The van der Waals surface area contributed by atoms with E-state index in [0.717, 1.165) is 17.7 Å². The first-order chi connectivity index (χ1) is 9.54. The number of hydrogen-bond donors (Lipinski definition) is 2. The van der Waals surface area contributed by atoms with Gasteiger partial charge >= 0.3 is 0 Å². The highest BCUT2D eigenvalue weighted by Gasteiger charge is 2.23. The molecule has 1 unspecified atom stereocenters. The zero-order chi connectivity index (χ0) is 14.6. The summed E-state index contributed by atoms with van der Waals surface area (Å²) in [7, 11) is -3.61. The van der Waals surface area contributed by atoms with Crippen molar-refractivity contribution >= 4 is 27.0 Å². The third kappa shape index (κ3) is 3.39. The second kappa shape index (κ2) is 6.39. The van der Waals surface area contributed by atoms with Crippen LogP contribution in [-0.4, -0.2) is 8.42 Å². The summed E-state index contributed by atoms with van der Waals surface area (Å²) in [5, 5.41) is 1.95. The van der Waals surface area contributed by atoms with Gasteiger partial charge in [0.2, 0.25) is 10.0 Å². The molecule has 0 fully saturated rings. The average molecular weight is 310 g/mol. The van der Waals surface area contributed by atoms with E-state index in [1.165, 1.54) is 6.07 Å². The number of benzene rings is 1. The molecule has 108 valence electrons. The van der Waals surface area contributed by atoms with Crippen molar-refractivity contribution in [3.63, 3.8) is 0 Å². The van der Waals surface area contributed by atoms with Crippen LogP contribution in [0.3, 0.4) is 0 Å². The SMILES string of the molecule is CCCC(NS(=O)(=O)c1ccccc1N)c1cccs1. The van der Waals surface area contributed by atoms with Crippen LogP contribution in [0, 0.1) is 0 Å². The van der Waals surface area contributed by atoms with Crippen molar-refractivity contribution in [2.24, 2.45) is 0 Å². The van der Waals surface area contributed by atoms with Crippen molar-refractivity contribution in [3.8, 4) is 0 Å². The molecule has 0 amide bonds. The molecule has 4 nitrogen and oxygen atoms in total. The summed E-state index contributed by atoms with van der Waals surface area (Å²) in [6.07, 6.45) is 1.65. The van der Waals surface area contributed by atoms with Gasteiger partial charge in [0.1, 0.15) is 4.90 Å². The summed E-state index contributed by atoms with van der Waals surface area (Å²) in [4.78, 5) is 1.16. The maximum absolute atomic E-state index is 12.4. The van der Waals surface area contributed by atoms with Crippen molar-refractivity contribution in [2.75, 3.05) is 5.73 Å². The van der Waals surface area contributed by atoms with E-state index >= 15 is 0 Å². The molecule has 2 rings (SSSR count). The Morgan fingerprint density at radius 1 is 1.25 bits per heavy atom. The zero-order valence-electron chi connectivity index (χ0n) is 11.2. The number of anilines is 1. The predicted octanol–water partition coefficient (Wildman–Crippen LogP) is 3.15. The lowest BCUT2D eigenvalue weighted by Crippen LogP contribution is -2.28. The Hall–Kier alpha value is -1.37. The van der Waals surface area contributed by atoms with Crippen LogP contribution >= 0.6 is 11.3 Å². The van der Waals surface area contributed by atoms with Crippen molar-refractivity contribution in [1.82, 2.24) is 4.72 Å². The molecular formula is C14H18N2O2S2. The van der Waals surface area contributed by atoms with Gasteiger partial charge in [0, 0.05) is 4.88 Å². The van der Waals surface area contributed by atoms with Crippen LogP contribution in [0.25, 0.3) is 0 Å². The standard InChI is InChI=1S/C14H18N2O2S2/c1-2-6-12(13-8-5-10-19-13)16-20(17,18)14-9-4-3-7-11(14)15/h3-5,7-10,12,16H,2,6,15H2,1H3. The maximum Gasteiger partial charge on any atom is 0.243 e. The third-order valence-corrected chi connectivity index (χ3v) is 5.50. The molecule has 0 saturated heterocycles. The number of para-hydroxylation sites is 1. The van der Waals surface area contributed by atoms with Crippen molar-refractivity contribution in [3.05, 3.63) is 46.7 Å². The molecule has 20 heavy (non-hydrogen) atoms. The number of nitrogen functional groups attached to an aromatic ring is 1. The van der Waals surface area contributed by atoms with E-state index in [0.29, 0.717) is 0 Å². The number of nitrogens with one attached hydrogen (secondary N) is 1. The molecule has 0 aliphatic carbocycles. The van der Waals surface area contributed by atoms with E-state index in [2.05, 4.69) is 4.72 Å². The van der Waals surface area contributed by atoms with Crippen LogP contribution in [0.4, 0.5) is 5.69 Å². The lowest BCUT2D eigenvalue weighted by Gasteiger charge is -2.17. The largest absolute Gasteiger partial charge is 0.398 e. The van der Waals surface area contributed by atoms with Crippen LogP contribution in [0.2, 0.25) is 0 Å². The maximum atomic E-state index is 12.4. The zero-order valence-corrected chi connectivity index (χ0v) is 12.9. The number of rotatable bonds is 6. The fraction of sp³-hybridized carbons (Fsp3) is 0.286.